The molecular weight excluding hydrogens is 287 g/mol. The molecule has 0 saturated heterocycles. The number of alkyl halides is 3. The molecule has 6 heteroatoms. The van der Waals surface area contributed by atoms with E-state index < -0.39 is 17.3 Å². The Morgan fingerprint density at radius 1 is 1.25 bits per heavy atom. The number of aliphatic hydroxyl groups excluding tert-OH is 1. The van der Waals surface area contributed by atoms with Gasteiger partial charge in [-0.25, -0.2) is 4.98 Å². The first-order valence-corrected chi connectivity index (χ1v) is 6.86. The maximum Gasteiger partial charge on any atom is 0.443 e. The standard InChI is InChI=1S/C14H14F3NOS/c1-8-3-4-10(5-9(8)2)6-11(19)12-7-18-13(20-12)14(15,16)17/h3-5,7,11,19H,6H2,1-2H3. The van der Waals surface area contributed by atoms with Gasteiger partial charge in [-0.05, 0) is 30.5 Å². The topological polar surface area (TPSA) is 33.1 Å². The Balaban J connectivity index is 2.13. The van der Waals surface area contributed by atoms with Crippen LogP contribution in [0.4, 0.5) is 13.2 Å². The molecule has 0 radical (unpaired) electrons. The maximum atomic E-state index is 12.5. The van der Waals surface area contributed by atoms with Gasteiger partial charge in [-0.3, -0.25) is 0 Å². The fourth-order valence-corrected chi connectivity index (χ4v) is 2.60. The van der Waals surface area contributed by atoms with Crippen LogP contribution in [0.3, 0.4) is 0 Å². The monoisotopic (exact) mass is 301 g/mol. The minimum Gasteiger partial charge on any atom is -0.387 e. The van der Waals surface area contributed by atoms with E-state index in [1.165, 1.54) is 0 Å². The summed E-state index contributed by atoms with van der Waals surface area (Å²) in [6.07, 6.45) is -4.05. The lowest BCUT2D eigenvalue weighted by Crippen LogP contribution is -2.03. The second kappa shape index (κ2) is 5.54. The summed E-state index contributed by atoms with van der Waals surface area (Å²) < 4.78 is 37.4. The van der Waals surface area contributed by atoms with E-state index in [-0.39, 0.29) is 11.3 Å². The lowest BCUT2D eigenvalue weighted by atomic mass is 10.0. The SMILES string of the molecule is Cc1ccc(CC(O)c2cnc(C(F)(F)F)s2)cc1C. The van der Waals surface area contributed by atoms with E-state index in [0.29, 0.717) is 11.3 Å². The van der Waals surface area contributed by atoms with Gasteiger partial charge >= 0.3 is 6.18 Å². The number of nitrogens with zero attached hydrogens (tertiary/aromatic N) is 1. The number of aryl methyl sites for hydroxylation is 2. The van der Waals surface area contributed by atoms with Gasteiger partial charge in [0.15, 0.2) is 5.01 Å². The highest BCUT2D eigenvalue weighted by molar-refractivity contribution is 7.11. The summed E-state index contributed by atoms with van der Waals surface area (Å²) in [6, 6.07) is 5.74. The molecule has 2 aromatic rings. The van der Waals surface area contributed by atoms with Crippen LogP contribution in [0, 0.1) is 13.8 Å². The van der Waals surface area contributed by atoms with Gasteiger partial charge in [0.25, 0.3) is 0 Å². The number of hydrogen-bond donors (Lipinski definition) is 1. The Kier molecular flexibility index (Phi) is 4.15. The van der Waals surface area contributed by atoms with Gasteiger partial charge in [0.2, 0.25) is 0 Å². The van der Waals surface area contributed by atoms with Crippen molar-refractivity contribution in [1.82, 2.24) is 4.98 Å². The van der Waals surface area contributed by atoms with E-state index in [4.69, 9.17) is 0 Å². The zero-order chi connectivity index (χ0) is 14.9. The van der Waals surface area contributed by atoms with Crippen molar-refractivity contribution >= 4 is 11.3 Å². The molecule has 0 spiro atoms. The summed E-state index contributed by atoms with van der Waals surface area (Å²) >= 11 is 0.488. The van der Waals surface area contributed by atoms with Crippen LogP contribution < -0.4 is 0 Å². The average Bonchev–Trinajstić information content (AvgIpc) is 2.83. The molecule has 0 bridgehead atoms. The molecule has 2 nitrogen and oxygen atoms in total. The fourth-order valence-electron chi connectivity index (χ4n) is 1.83. The first-order chi connectivity index (χ1) is 9.27. The number of hydrogen-bond acceptors (Lipinski definition) is 3. The molecule has 0 saturated carbocycles. The molecule has 1 aromatic carbocycles. The summed E-state index contributed by atoms with van der Waals surface area (Å²) in [7, 11) is 0. The quantitative estimate of drug-likeness (QED) is 0.927. The van der Waals surface area contributed by atoms with Gasteiger partial charge in [-0.15, -0.1) is 11.3 Å². The predicted molar refractivity (Wildman–Crippen MR) is 71.7 cm³/mol. The molecule has 0 amide bonds. The zero-order valence-corrected chi connectivity index (χ0v) is 11.8. The number of aromatic nitrogens is 1. The van der Waals surface area contributed by atoms with Crippen molar-refractivity contribution in [2.45, 2.75) is 32.5 Å². The lowest BCUT2D eigenvalue weighted by molar-refractivity contribution is -0.137. The molecule has 2 rings (SSSR count). The molecule has 0 aliphatic heterocycles. The summed E-state index contributed by atoms with van der Waals surface area (Å²) in [4.78, 5) is 3.55. The van der Waals surface area contributed by atoms with Crippen molar-refractivity contribution in [3.63, 3.8) is 0 Å². The van der Waals surface area contributed by atoms with Crippen molar-refractivity contribution in [2.75, 3.05) is 0 Å². The first kappa shape index (κ1) is 15.0. The molecular formula is C14H14F3NOS. The normalized spacial score (nSPS) is 13.5. The Labute approximate surface area is 118 Å². The molecule has 20 heavy (non-hydrogen) atoms. The third kappa shape index (κ3) is 3.37. The van der Waals surface area contributed by atoms with Gasteiger partial charge in [-0.1, -0.05) is 18.2 Å². The second-order valence-corrected chi connectivity index (χ2v) is 5.77. The Bertz CT molecular complexity index is 607. The van der Waals surface area contributed by atoms with E-state index in [1.807, 2.05) is 32.0 Å². The van der Waals surface area contributed by atoms with Gasteiger partial charge < -0.3 is 5.11 Å². The predicted octanol–water partition coefficient (Wildman–Crippen LogP) is 4.05. The minimum absolute atomic E-state index is 0.232. The van der Waals surface area contributed by atoms with Crippen molar-refractivity contribution in [2.24, 2.45) is 0 Å². The third-order valence-corrected chi connectivity index (χ3v) is 4.24. The second-order valence-electron chi connectivity index (χ2n) is 4.70. The van der Waals surface area contributed by atoms with Crippen LogP contribution in [0.15, 0.2) is 24.4 Å². The van der Waals surface area contributed by atoms with E-state index in [0.717, 1.165) is 22.9 Å². The number of rotatable bonds is 3. The molecule has 1 aromatic heterocycles. The van der Waals surface area contributed by atoms with Crippen LogP contribution >= 0.6 is 11.3 Å². The van der Waals surface area contributed by atoms with Crippen LogP contribution in [0.2, 0.25) is 0 Å². The largest absolute Gasteiger partial charge is 0.443 e. The van der Waals surface area contributed by atoms with Crippen LogP contribution in [-0.2, 0) is 12.6 Å². The van der Waals surface area contributed by atoms with E-state index >= 15 is 0 Å². The first-order valence-electron chi connectivity index (χ1n) is 6.04. The number of halogens is 3. The molecule has 1 N–H and O–H groups in total. The van der Waals surface area contributed by atoms with Gasteiger partial charge in [0.1, 0.15) is 0 Å². The summed E-state index contributed by atoms with van der Waals surface area (Å²) in [5.41, 5.74) is 3.12. The maximum absolute atomic E-state index is 12.5. The molecule has 0 fully saturated rings. The third-order valence-electron chi connectivity index (χ3n) is 3.09. The molecule has 1 unspecified atom stereocenters. The van der Waals surface area contributed by atoms with Crippen molar-refractivity contribution in [3.05, 3.63) is 51.0 Å². The van der Waals surface area contributed by atoms with Gasteiger partial charge in [-0.2, -0.15) is 13.2 Å². The average molecular weight is 301 g/mol. The zero-order valence-electron chi connectivity index (χ0n) is 11.0. The van der Waals surface area contributed by atoms with Gasteiger partial charge in [0, 0.05) is 12.6 Å². The van der Waals surface area contributed by atoms with Crippen LogP contribution in [0.25, 0.3) is 0 Å². The van der Waals surface area contributed by atoms with Crippen LogP contribution in [-0.4, -0.2) is 10.1 Å². The summed E-state index contributed by atoms with van der Waals surface area (Å²) in [6.45, 7) is 3.94. The van der Waals surface area contributed by atoms with Crippen molar-refractivity contribution < 1.29 is 18.3 Å². The van der Waals surface area contributed by atoms with E-state index in [9.17, 15) is 18.3 Å². The smallest absolute Gasteiger partial charge is 0.387 e. The lowest BCUT2D eigenvalue weighted by Gasteiger charge is -2.10. The molecule has 108 valence electrons. The number of thiazole rings is 1. The van der Waals surface area contributed by atoms with Crippen molar-refractivity contribution in [3.8, 4) is 0 Å². The Morgan fingerprint density at radius 2 is 1.95 bits per heavy atom. The van der Waals surface area contributed by atoms with Crippen LogP contribution in [0.1, 0.15) is 32.7 Å². The van der Waals surface area contributed by atoms with E-state index in [1.54, 1.807) is 0 Å². The Hall–Kier alpha value is -1.40. The highest BCUT2D eigenvalue weighted by Gasteiger charge is 2.35. The molecule has 1 atom stereocenters. The number of aliphatic hydroxyl groups is 1. The fraction of sp³-hybridized carbons (Fsp3) is 0.357. The summed E-state index contributed by atoms with van der Waals surface area (Å²) in [5.74, 6) is 0. The van der Waals surface area contributed by atoms with E-state index in [2.05, 4.69) is 4.98 Å². The molecule has 0 aliphatic rings. The minimum atomic E-state index is -4.46. The number of benzene rings is 1. The van der Waals surface area contributed by atoms with Crippen LogP contribution in [0.5, 0.6) is 0 Å². The van der Waals surface area contributed by atoms with Crippen molar-refractivity contribution in [1.29, 1.82) is 0 Å². The molecule has 0 aliphatic carbocycles. The Morgan fingerprint density at radius 3 is 2.50 bits per heavy atom. The van der Waals surface area contributed by atoms with Gasteiger partial charge in [0.05, 0.1) is 11.0 Å². The highest BCUT2D eigenvalue weighted by Crippen LogP contribution is 2.35. The highest BCUT2D eigenvalue weighted by atomic mass is 32.1. The molecule has 1 heterocycles. The summed E-state index contributed by atoms with van der Waals surface area (Å²) in [5, 5.41) is 9.09.